The van der Waals surface area contributed by atoms with Crippen LogP contribution in [0.2, 0.25) is 0 Å². The maximum Gasteiger partial charge on any atom is 0.248 e. The van der Waals surface area contributed by atoms with Crippen molar-refractivity contribution in [3.05, 3.63) is 83.5 Å². The molecule has 6 nitrogen and oxygen atoms in total. The molecule has 4 rings (SSSR count). The van der Waals surface area contributed by atoms with Crippen LogP contribution in [0.4, 0.5) is 0 Å². The topological polar surface area (TPSA) is 66.0 Å². The second-order valence-electron chi connectivity index (χ2n) is 6.40. The van der Waals surface area contributed by atoms with E-state index in [0.29, 0.717) is 24.9 Å². The first-order chi connectivity index (χ1) is 13.2. The van der Waals surface area contributed by atoms with E-state index >= 15 is 0 Å². The summed E-state index contributed by atoms with van der Waals surface area (Å²) in [5.74, 6) is 1.88. The van der Waals surface area contributed by atoms with Crippen molar-refractivity contribution in [3.63, 3.8) is 0 Å². The highest BCUT2D eigenvalue weighted by Gasteiger charge is 2.11. The molecular formula is C21H20N4O2. The van der Waals surface area contributed by atoms with Crippen molar-refractivity contribution in [1.82, 2.24) is 19.9 Å². The molecule has 2 aromatic heterocycles. The molecule has 0 aliphatic rings. The monoisotopic (exact) mass is 360 g/mol. The summed E-state index contributed by atoms with van der Waals surface area (Å²) in [5, 5.41) is 8.49. The zero-order chi connectivity index (χ0) is 18.6. The van der Waals surface area contributed by atoms with Gasteiger partial charge in [-0.1, -0.05) is 35.5 Å². The molecule has 0 saturated heterocycles. The highest BCUT2D eigenvalue weighted by molar-refractivity contribution is 5.55. The van der Waals surface area contributed by atoms with Crippen molar-refractivity contribution in [2.75, 3.05) is 0 Å². The van der Waals surface area contributed by atoms with Gasteiger partial charge in [0.05, 0.1) is 5.69 Å². The van der Waals surface area contributed by atoms with E-state index in [1.807, 2.05) is 79.2 Å². The van der Waals surface area contributed by atoms with Gasteiger partial charge >= 0.3 is 0 Å². The molecule has 2 heterocycles. The van der Waals surface area contributed by atoms with Gasteiger partial charge in [-0.05, 0) is 49.7 Å². The third-order valence-corrected chi connectivity index (χ3v) is 4.22. The molecule has 0 amide bonds. The van der Waals surface area contributed by atoms with Crippen LogP contribution in [0, 0.1) is 13.8 Å². The number of aryl methyl sites for hydroxylation is 2. The van der Waals surface area contributed by atoms with Crippen molar-refractivity contribution in [2.24, 2.45) is 0 Å². The SMILES string of the molecule is Cc1cc(C)n(Cc2nc(-c3ccc(OCc4ccccc4)cc3)no2)n1. The third-order valence-electron chi connectivity index (χ3n) is 4.22. The first kappa shape index (κ1) is 17.0. The molecule has 0 aliphatic heterocycles. The Labute approximate surface area is 157 Å². The average Bonchev–Trinajstić information content (AvgIpc) is 3.28. The van der Waals surface area contributed by atoms with Crippen LogP contribution in [0.15, 0.2) is 65.2 Å². The summed E-state index contributed by atoms with van der Waals surface area (Å²) in [7, 11) is 0. The highest BCUT2D eigenvalue weighted by Crippen LogP contribution is 2.21. The lowest BCUT2D eigenvalue weighted by molar-refractivity contribution is 0.306. The minimum atomic E-state index is 0.463. The molecule has 0 spiro atoms. The predicted octanol–water partition coefficient (Wildman–Crippen LogP) is 4.18. The molecule has 0 atom stereocenters. The molecule has 0 N–H and O–H groups in total. The van der Waals surface area contributed by atoms with E-state index in [4.69, 9.17) is 9.26 Å². The summed E-state index contributed by atoms with van der Waals surface area (Å²) in [5.41, 5.74) is 4.05. The number of aromatic nitrogens is 4. The zero-order valence-electron chi connectivity index (χ0n) is 15.3. The second kappa shape index (κ2) is 7.45. The summed E-state index contributed by atoms with van der Waals surface area (Å²) >= 11 is 0. The Kier molecular flexibility index (Phi) is 4.70. The van der Waals surface area contributed by atoms with Gasteiger partial charge in [0, 0.05) is 11.3 Å². The number of ether oxygens (including phenoxy) is 1. The Balaban J connectivity index is 1.42. The zero-order valence-corrected chi connectivity index (χ0v) is 15.3. The number of hydrogen-bond donors (Lipinski definition) is 0. The second-order valence-corrected chi connectivity index (χ2v) is 6.40. The van der Waals surface area contributed by atoms with Gasteiger partial charge in [-0.25, -0.2) is 0 Å². The molecule has 0 aliphatic carbocycles. The molecule has 27 heavy (non-hydrogen) atoms. The van der Waals surface area contributed by atoms with Gasteiger partial charge in [0.15, 0.2) is 0 Å². The van der Waals surface area contributed by atoms with Gasteiger partial charge in [-0.3, -0.25) is 4.68 Å². The number of nitrogens with zero attached hydrogens (tertiary/aromatic N) is 4. The van der Waals surface area contributed by atoms with Crippen LogP contribution in [-0.4, -0.2) is 19.9 Å². The third kappa shape index (κ3) is 4.06. The molecule has 136 valence electrons. The maximum absolute atomic E-state index is 5.81. The van der Waals surface area contributed by atoms with Crippen molar-refractivity contribution >= 4 is 0 Å². The summed E-state index contributed by atoms with van der Waals surface area (Å²) < 4.78 is 13.0. The lowest BCUT2D eigenvalue weighted by atomic mass is 10.2. The van der Waals surface area contributed by atoms with Crippen LogP contribution in [0.3, 0.4) is 0 Å². The average molecular weight is 360 g/mol. The number of hydrogen-bond acceptors (Lipinski definition) is 5. The molecule has 0 bridgehead atoms. The van der Waals surface area contributed by atoms with E-state index in [-0.39, 0.29) is 0 Å². The number of benzene rings is 2. The minimum Gasteiger partial charge on any atom is -0.489 e. The van der Waals surface area contributed by atoms with E-state index in [9.17, 15) is 0 Å². The highest BCUT2D eigenvalue weighted by atomic mass is 16.5. The van der Waals surface area contributed by atoms with E-state index in [1.165, 1.54) is 0 Å². The Morgan fingerprint density at radius 1 is 1.00 bits per heavy atom. The fourth-order valence-corrected chi connectivity index (χ4v) is 2.84. The van der Waals surface area contributed by atoms with Gasteiger partial charge in [0.2, 0.25) is 11.7 Å². The van der Waals surface area contributed by atoms with E-state index < -0.39 is 0 Å². The Hall–Kier alpha value is -3.41. The summed E-state index contributed by atoms with van der Waals surface area (Å²) in [4.78, 5) is 4.47. The van der Waals surface area contributed by atoms with Crippen LogP contribution >= 0.6 is 0 Å². The van der Waals surface area contributed by atoms with Gasteiger partial charge in [0.1, 0.15) is 18.9 Å². The van der Waals surface area contributed by atoms with E-state index in [0.717, 1.165) is 28.3 Å². The Morgan fingerprint density at radius 2 is 1.78 bits per heavy atom. The molecule has 2 aromatic carbocycles. The standard InChI is InChI=1S/C21H20N4O2/c1-15-12-16(2)25(23-15)13-20-22-21(24-27-20)18-8-10-19(11-9-18)26-14-17-6-4-3-5-7-17/h3-12H,13-14H2,1-2H3. The van der Waals surface area contributed by atoms with Crippen LogP contribution < -0.4 is 4.74 Å². The Bertz CT molecular complexity index is 1020. The van der Waals surface area contributed by atoms with E-state index in [1.54, 1.807) is 0 Å². The maximum atomic E-state index is 5.81. The van der Waals surface area contributed by atoms with Gasteiger partial charge in [-0.15, -0.1) is 0 Å². The van der Waals surface area contributed by atoms with Crippen molar-refractivity contribution < 1.29 is 9.26 Å². The van der Waals surface area contributed by atoms with Gasteiger partial charge < -0.3 is 9.26 Å². The fourth-order valence-electron chi connectivity index (χ4n) is 2.84. The van der Waals surface area contributed by atoms with Crippen molar-refractivity contribution in [3.8, 4) is 17.1 Å². The lowest BCUT2D eigenvalue weighted by Gasteiger charge is -2.06. The quantitative estimate of drug-likeness (QED) is 0.516. The molecule has 6 heteroatoms. The first-order valence-corrected chi connectivity index (χ1v) is 8.78. The molecule has 0 fully saturated rings. The number of rotatable bonds is 6. The summed E-state index contributed by atoms with van der Waals surface area (Å²) in [6.45, 7) is 4.97. The Morgan fingerprint density at radius 3 is 2.48 bits per heavy atom. The van der Waals surface area contributed by atoms with Gasteiger partial charge in [0.25, 0.3) is 0 Å². The first-order valence-electron chi connectivity index (χ1n) is 8.78. The van der Waals surface area contributed by atoms with Gasteiger partial charge in [-0.2, -0.15) is 10.1 Å². The molecule has 0 saturated carbocycles. The summed E-state index contributed by atoms with van der Waals surface area (Å²) in [6.07, 6.45) is 0. The molecular weight excluding hydrogens is 340 g/mol. The lowest BCUT2D eigenvalue weighted by Crippen LogP contribution is -2.04. The van der Waals surface area contributed by atoms with Crippen LogP contribution in [-0.2, 0) is 13.2 Å². The van der Waals surface area contributed by atoms with Crippen molar-refractivity contribution in [1.29, 1.82) is 0 Å². The molecule has 0 radical (unpaired) electrons. The minimum absolute atomic E-state index is 0.463. The molecule has 4 aromatic rings. The summed E-state index contributed by atoms with van der Waals surface area (Å²) in [6, 6.07) is 19.8. The predicted molar refractivity (Wildman–Crippen MR) is 101 cm³/mol. The smallest absolute Gasteiger partial charge is 0.248 e. The van der Waals surface area contributed by atoms with Crippen molar-refractivity contribution in [2.45, 2.75) is 27.0 Å². The van der Waals surface area contributed by atoms with Crippen LogP contribution in [0.5, 0.6) is 5.75 Å². The normalized spacial score (nSPS) is 10.9. The molecule has 0 unspecified atom stereocenters. The van der Waals surface area contributed by atoms with E-state index in [2.05, 4.69) is 15.2 Å². The largest absolute Gasteiger partial charge is 0.489 e. The van der Waals surface area contributed by atoms with Crippen LogP contribution in [0.25, 0.3) is 11.4 Å². The van der Waals surface area contributed by atoms with Crippen LogP contribution in [0.1, 0.15) is 22.8 Å². The fraction of sp³-hybridized carbons (Fsp3) is 0.190.